The van der Waals surface area contributed by atoms with Crippen LogP contribution in [0.1, 0.15) is 30.1 Å². The summed E-state index contributed by atoms with van der Waals surface area (Å²) in [5.74, 6) is -0.782. The molecule has 1 unspecified atom stereocenters. The number of amides is 1. The molecule has 2 N–H and O–H groups in total. The van der Waals surface area contributed by atoms with Gasteiger partial charge >= 0.3 is 5.97 Å². The van der Waals surface area contributed by atoms with Gasteiger partial charge in [0.15, 0.2) is 0 Å². The van der Waals surface area contributed by atoms with Gasteiger partial charge in [0.2, 0.25) is 0 Å². The van der Waals surface area contributed by atoms with Crippen LogP contribution in [0.2, 0.25) is 0 Å². The van der Waals surface area contributed by atoms with E-state index >= 15 is 0 Å². The number of carbonyl (C=O) groups is 2. The molecule has 1 atom stereocenters. The topological polar surface area (TPSA) is 84.9 Å². The van der Waals surface area contributed by atoms with Gasteiger partial charge in [0.05, 0.1) is 13.2 Å². The molecule has 0 radical (unpaired) electrons. The Balaban J connectivity index is 1.91. The van der Waals surface area contributed by atoms with Crippen LogP contribution in [0, 0.1) is 0 Å². The molecule has 1 aliphatic rings. The Labute approximate surface area is 123 Å². The average Bonchev–Trinajstić information content (AvgIpc) is 2.48. The fourth-order valence-electron chi connectivity index (χ4n) is 2.01. The fraction of sp³-hybridized carbons (Fsp3) is 0.467. The second-order valence-corrected chi connectivity index (χ2v) is 4.99. The number of benzene rings is 1. The highest BCUT2D eigenvalue weighted by molar-refractivity contribution is 5.96. The zero-order valence-electron chi connectivity index (χ0n) is 11.9. The smallest absolute Gasteiger partial charge is 0.325 e. The van der Waals surface area contributed by atoms with E-state index in [0.717, 1.165) is 12.8 Å². The Morgan fingerprint density at radius 3 is 2.48 bits per heavy atom. The van der Waals surface area contributed by atoms with E-state index in [0.29, 0.717) is 24.5 Å². The monoisotopic (exact) mass is 293 g/mol. The van der Waals surface area contributed by atoms with E-state index in [1.165, 1.54) is 6.92 Å². The van der Waals surface area contributed by atoms with Crippen LogP contribution in [0.15, 0.2) is 24.3 Å². The van der Waals surface area contributed by atoms with Gasteiger partial charge in [0.25, 0.3) is 5.91 Å². The molecule has 0 spiro atoms. The molecule has 0 saturated carbocycles. The summed E-state index contributed by atoms with van der Waals surface area (Å²) < 4.78 is 11.1. The standard InChI is InChI=1S/C15H19NO5/c1-10(15(18)19)16-14(17)11-2-4-12(5-3-11)21-13-6-8-20-9-7-13/h2-5,10,13H,6-9H2,1H3,(H,16,17)(H,18,19). The number of carboxylic acids is 1. The number of ether oxygens (including phenoxy) is 2. The Hall–Kier alpha value is -2.08. The van der Waals surface area contributed by atoms with E-state index in [9.17, 15) is 9.59 Å². The van der Waals surface area contributed by atoms with Gasteiger partial charge in [-0.2, -0.15) is 0 Å². The van der Waals surface area contributed by atoms with Crippen molar-refractivity contribution in [2.45, 2.75) is 31.9 Å². The summed E-state index contributed by atoms with van der Waals surface area (Å²) in [7, 11) is 0. The normalized spacial score (nSPS) is 17.0. The molecule has 1 saturated heterocycles. The molecule has 1 heterocycles. The van der Waals surface area contributed by atoms with Crippen molar-refractivity contribution in [2.24, 2.45) is 0 Å². The first-order valence-electron chi connectivity index (χ1n) is 6.94. The lowest BCUT2D eigenvalue weighted by Gasteiger charge is -2.23. The van der Waals surface area contributed by atoms with Crippen molar-refractivity contribution in [1.29, 1.82) is 0 Å². The highest BCUT2D eigenvalue weighted by Gasteiger charge is 2.17. The van der Waals surface area contributed by atoms with Crippen molar-refractivity contribution in [1.82, 2.24) is 5.32 Å². The molecule has 0 aliphatic carbocycles. The third kappa shape index (κ3) is 4.46. The summed E-state index contributed by atoms with van der Waals surface area (Å²) in [6.07, 6.45) is 1.86. The maximum absolute atomic E-state index is 11.8. The Kier molecular flexibility index (Phi) is 5.16. The third-order valence-corrected chi connectivity index (χ3v) is 3.31. The predicted molar refractivity (Wildman–Crippen MR) is 75.5 cm³/mol. The molecular weight excluding hydrogens is 274 g/mol. The number of hydrogen-bond acceptors (Lipinski definition) is 4. The van der Waals surface area contributed by atoms with Gasteiger partial charge in [-0.1, -0.05) is 0 Å². The van der Waals surface area contributed by atoms with Gasteiger partial charge in [0, 0.05) is 18.4 Å². The van der Waals surface area contributed by atoms with E-state index < -0.39 is 17.9 Å². The molecule has 114 valence electrons. The number of nitrogens with one attached hydrogen (secondary N) is 1. The molecule has 0 aromatic heterocycles. The molecule has 0 bridgehead atoms. The first-order valence-corrected chi connectivity index (χ1v) is 6.94. The summed E-state index contributed by atoms with van der Waals surface area (Å²) in [6.45, 7) is 2.83. The van der Waals surface area contributed by atoms with E-state index in [-0.39, 0.29) is 6.10 Å². The SMILES string of the molecule is CC(NC(=O)c1ccc(OC2CCOCC2)cc1)C(=O)O. The molecule has 1 aromatic carbocycles. The minimum absolute atomic E-state index is 0.144. The van der Waals surface area contributed by atoms with Gasteiger partial charge in [-0.25, -0.2) is 0 Å². The van der Waals surface area contributed by atoms with E-state index in [4.69, 9.17) is 14.6 Å². The summed E-state index contributed by atoms with van der Waals surface area (Å²) in [6, 6.07) is 5.76. The summed E-state index contributed by atoms with van der Waals surface area (Å²) in [4.78, 5) is 22.5. The molecule has 6 heteroatoms. The number of carboxylic acid groups (broad SMARTS) is 1. The third-order valence-electron chi connectivity index (χ3n) is 3.31. The van der Waals surface area contributed by atoms with Crippen LogP contribution >= 0.6 is 0 Å². The maximum Gasteiger partial charge on any atom is 0.325 e. The zero-order valence-corrected chi connectivity index (χ0v) is 11.9. The van der Waals surface area contributed by atoms with Crippen molar-refractivity contribution < 1.29 is 24.2 Å². The Morgan fingerprint density at radius 2 is 1.90 bits per heavy atom. The molecular formula is C15H19NO5. The number of rotatable bonds is 5. The lowest BCUT2D eigenvalue weighted by Crippen LogP contribution is -2.38. The van der Waals surface area contributed by atoms with Crippen LogP contribution in [-0.2, 0) is 9.53 Å². The van der Waals surface area contributed by atoms with Crippen molar-refractivity contribution in [3.8, 4) is 5.75 Å². The Bertz CT molecular complexity index is 493. The van der Waals surface area contributed by atoms with E-state index in [1.54, 1.807) is 24.3 Å². The zero-order chi connectivity index (χ0) is 15.2. The van der Waals surface area contributed by atoms with Crippen molar-refractivity contribution >= 4 is 11.9 Å². The molecule has 1 aliphatic heterocycles. The van der Waals surface area contributed by atoms with Crippen LogP contribution in [0.25, 0.3) is 0 Å². The van der Waals surface area contributed by atoms with Crippen LogP contribution in [0.4, 0.5) is 0 Å². The number of carbonyl (C=O) groups excluding carboxylic acids is 1. The van der Waals surface area contributed by atoms with Gasteiger partial charge < -0.3 is 19.9 Å². The van der Waals surface area contributed by atoms with Crippen molar-refractivity contribution in [2.75, 3.05) is 13.2 Å². The highest BCUT2D eigenvalue weighted by Crippen LogP contribution is 2.18. The lowest BCUT2D eigenvalue weighted by molar-refractivity contribution is -0.138. The second-order valence-electron chi connectivity index (χ2n) is 4.99. The average molecular weight is 293 g/mol. The Morgan fingerprint density at radius 1 is 1.29 bits per heavy atom. The van der Waals surface area contributed by atoms with Crippen LogP contribution in [0.5, 0.6) is 5.75 Å². The quantitative estimate of drug-likeness (QED) is 0.858. The molecule has 1 amide bonds. The minimum Gasteiger partial charge on any atom is -0.490 e. The highest BCUT2D eigenvalue weighted by atomic mass is 16.5. The molecule has 21 heavy (non-hydrogen) atoms. The largest absolute Gasteiger partial charge is 0.490 e. The fourth-order valence-corrected chi connectivity index (χ4v) is 2.01. The molecule has 2 rings (SSSR count). The molecule has 1 fully saturated rings. The summed E-state index contributed by atoms with van der Waals surface area (Å²) in [5.41, 5.74) is 0.405. The van der Waals surface area contributed by atoms with Crippen LogP contribution in [0.3, 0.4) is 0 Å². The van der Waals surface area contributed by atoms with Gasteiger partial charge in [-0.15, -0.1) is 0 Å². The summed E-state index contributed by atoms with van der Waals surface area (Å²) >= 11 is 0. The second kappa shape index (κ2) is 7.08. The van der Waals surface area contributed by atoms with Crippen LogP contribution in [-0.4, -0.2) is 42.3 Å². The number of aliphatic carboxylic acids is 1. The van der Waals surface area contributed by atoms with E-state index in [2.05, 4.69) is 5.32 Å². The maximum atomic E-state index is 11.8. The first kappa shape index (κ1) is 15.3. The molecule has 6 nitrogen and oxygen atoms in total. The van der Waals surface area contributed by atoms with Crippen molar-refractivity contribution in [3.05, 3.63) is 29.8 Å². The number of hydrogen-bond donors (Lipinski definition) is 2. The van der Waals surface area contributed by atoms with E-state index in [1.807, 2.05) is 0 Å². The van der Waals surface area contributed by atoms with Gasteiger partial charge in [0.1, 0.15) is 17.9 Å². The summed E-state index contributed by atoms with van der Waals surface area (Å²) in [5, 5.41) is 11.2. The lowest BCUT2D eigenvalue weighted by atomic mass is 10.1. The van der Waals surface area contributed by atoms with Gasteiger partial charge in [-0.3, -0.25) is 9.59 Å². The van der Waals surface area contributed by atoms with Gasteiger partial charge in [-0.05, 0) is 31.2 Å². The molecule has 1 aromatic rings. The predicted octanol–water partition coefficient (Wildman–Crippen LogP) is 1.45. The first-order chi connectivity index (χ1) is 10.1. The van der Waals surface area contributed by atoms with Crippen LogP contribution < -0.4 is 10.1 Å². The minimum atomic E-state index is -1.07. The van der Waals surface area contributed by atoms with Crippen molar-refractivity contribution in [3.63, 3.8) is 0 Å².